The van der Waals surface area contributed by atoms with Crippen molar-refractivity contribution in [3.63, 3.8) is 0 Å². The van der Waals surface area contributed by atoms with E-state index in [0.717, 1.165) is 12.1 Å². The third-order valence-corrected chi connectivity index (χ3v) is 2.40. The summed E-state index contributed by atoms with van der Waals surface area (Å²) >= 11 is 0. The number of aromatic nitrogens is 1. The van der Waals surface area contributed by atoms with Gasteiger partial charge in [-0.25, -0.2) is 9.78 Å². The van der Waals surface area contributed by atoms with Crippen LogP contribution in [0.4, 0.5) is 19.0 Å². The number of carbonyl (C=O) groups is 1. The third-order valence-electron chi connectivity index (χ3n) is 2.40. The summed E-state index contributed by atoms with van der Waals surface area (Å²) in [5.74, 6) is -1.85. The molecule has 1 aromatic carbocycles. The highest BCUT2D eigenvalue weighted by Crippen LogP contribution is 2.34. The summed E-state index contributed by atoms with van der Waals surface area (Å²) in [5, 5.41) is 8.84. The summed E-state index contributed by atoms with van der Waals surface area (Å²) in [6, 6.07) is 4.49. The molecule has 3 N–H and O–H groups in total. The van der Waals surface area contributed by atoms with Gasteiger partial charge in [0.1, 0.15) is 5.82 Å². The number of pyridine rings is 1. The Morgan fingerprint density at radius 2 is 1.94 bits per heavy atom. The predicted molar refractivity (Wildman–Crippen MR) is 58.1 cm³/mol. The van der Waals surface area contributed by atoms with Crippen molar-refractivity contribution in [2.75, 3.05) is 5.73 Å². The molecule has 0 aliphatic heterocycles. The van der Waals surface area contributed by atoms with Gasteiger partial charge >= 0.3 is 12.1 Å². The molecule has 1 heterocycles. The molecule has 94 valence electrons. The maximum absolute atomic E-state index is 12.6. The molecule has 0 spiro atoms. The highest BCUT2D eigenvalue weighted by molar-refractivity contribution is 5.93. The molecule has 18 heavy (non-hydrogen) atoms. The van der Waals surface area contributed by atoms with E-state index in [-0.39, 0.29) is 16.5 Å². The molecule has 0 aliphatic rings. The number of nitrogens with zero attached hydrogens (tertiary/aromatic N) is 1. The van der Waals surface area contributed by atoms with Gasteiger partial charge in [0, 0.05) is 5.39 Å². The highest BCUT2D eigenvalue weighted by atomic mass is 19.4. The van der Waals surface area contributed by atoms with Crippen LogP contribution in [0.15, 0.2) is 24.3 Å². The van der Waals surface area contributed by atoms with E-state index in [2.05, 4.69) is 4.98 Å². The van der Waals surface area contributed by atoms with Gasteiger partial charge in [-0.2, -0.15) is 13.2 Å². The van der Waals surface area contributed by atoms with E-state index in [0.29, 0.717) is 0 Å². The average molecular weight is 256 g/mol. The molecule has 1 aromatic heterocycles. The number of carboxylic acids is 1. The Hall–Kier alpha value is -2.31. The number of nitrogens with two attached hydrogens (primary N) is 1. The fourth-order valence-electron chi connectivity index (χ4n) is 1.55. The van der Waals surface area contributed by atoms with Crippen molar-refractivity contribution in [3.05, 3.63) is 35.4 Å². The zero-order valence-corrected chi connectivity index (χ0v) is 8.82. The van der Waals surface area contributed by atoms with Gasteiger partial charge in [0.2, 0.25) is 0 Å². The fraction of sp³-hybridized carbons (Fsp3) is 0.0909. The minimum absolute atomic E-state index is 0.0800. The Balaban J connectivity index is 2.71. The van der Waals surface area contributed by atoms with E-state index in [1.54, 1.807) is 0 Å². The maximum Gasteiger partial charge on any atom is 0.419 e. The number of alkyl halides is 3. The first-order valence-corrected chi connectivity index (χ1v) is 4.80. The SMILES string of the molecule is Nc1nc2ccc(C(=O)O)cc2cc1C(F)(F)F. The molecule has 0 radical (unpaired) electrons. The molecule has 2 rings (SSSR count). The summed E-state index contributed by atoms with van der Waals surface area (Å²) in [4.78, 5) is 14.3. The number of aromatic carboxylic acids is 1. The number of nitrogen functional groups attached to an aromatic ring is 1. The van der Waals surface area contributed by atoms with Gasteiger partial charge in [-0.3, -0.25) is 0 Å². The molecule has 7 heteroatoms. The molecule has 0 fully saturated rings. The second kappa shape index (κ2) is 3.86. The number of hydrogen-bond acceptors (Lipinski definition) is 3. The number of hydrogen-bond donors (Lipinski definition) is 2. The van der Waals surface area contributed by atoms with Crippen LogP contribution in [0.1, 0.15) is 15.9 Å². The summed E-state index contributed by atoms with van der Waals surface area (Å²) in [6.07, 6.45) is -4.62. The maximum atomic E-state index is 12.6. The van der Waals surface area contributed by atoms with Crippen molar-refractivity contribution in [3.8, 4) is 0 Å². The van der Waals surface area contributed by atoms with Crippen molar-refractivity contribution < 1.29 is 23.1 Å². The van der Waals surface area contributed by atoms with Crippen molar-refractivity contribution in [1.29, 1.82) is 0 Å². The van der Waals surface area contributed by atoms with Crippen LogP contribution in [0.2, 0.25) is 0 Å². The van der Waals surface area contributed by atoms with Crippen LogP contribution >= 0.6 is 0 Å². The lowest BCUT2D eigenvalue weighted by atomic mass is 10.1. The fourth-order valence-corrected chi connectivity index (χ4v) is 1.55. The quantitative estimate of drug-likeness (QED) is 0.822. The normalized spacial score (nSPS) is 11.7. The van der Waals surface area contributed by atoms with Gasteiger partial charge in [0.15, 0.2) is 0 Å². The Labute approximate surface area is 98.9 Å². The van der Waals surface area contributed by atoms with Gasteiger partial charge < -0.3 is 10.8 Å². The van der Waals surface area contributed by atoms with Gasteiger partial charge in [-0.1, -0.05) is 0 Å². The minimum atomic E-state index is -4.62. The Kier molecular flexibility index (Phi) is 2.61. The third kappa shape index (κ3) is 2.06. The smallest absolute Gasteiger partial charge is 0.419 e. The van der Waals surface area contributed by atoms with Gasteiger partial charge in [0.25, 0.3) is 0 Å². The summed E-state index contributed by atoms with van der Waals surface area (Å²) in [5.41, 5.74) is 4.26. The first kappa shape index (κ1) is 12.2. The number of anilines is 1. The summed E-state index contributed by atoms with van der Waals surface area (Å²) in [6.45, 7) is 0. The second-order valence-corrected chi connectivity index (χ2v) is 3.63. The summed E-state index contributed by atoms with van der Waals surface area (Å²) < 4.78 is 37.8. The van der Waals surface area contributed by atoms with Crippen molar-refractivity contribution in [2.24, 2.45) is 0 Å². The summed E-state index contributed by atoms with van der Waals surface area (Å²) in [7, 11) is 0. The van der Waals surface area contributed by atoms with E-state index in [1.807, 2.05) is 0 Å². The number of fused-ring (bicyclic) bond motifs is 1. The molecule has 2 aromatic rings. The lowest BCUT2D eigenvalue weighted by molar-refractivity contribution is -0.137. The Morgan fingerprint density at radius 3 is 2.50 bits per heavy atom. The number of rotatable bonds is 1. The highest BCUT2D eigenvalue weighted by Gasteiger charge is 2.34. The van der Waals surface area contributed by atoms with Crippen LogP contribution < -0.4 is 5.73 Å². The van der Waals surface area contributed by atoms with Crippen molar-refractivity contribution in [1.82, 2.24) is 4.98 Å². The molecule has 0 bridgehead atoms. The average Bonchev–Trinajstić information content (AvgIpc) is 2.25. The van der Waals surface area contributed by atoms with Gasteiger partial charge in [-0.15, -0.1) is 0 Å². The van der Waals surface area contributed by atoms with Crippen molar-refractivity contribution >= 4 is 22.7 Å². The molecule has 0 atom stereocenters. The first-order chi connectivity index (χ1) is 8.29. The van der Waals surface area contributed by atoms with Crippen LogP contribution in [0, 0.1) is 0 Å². The first-order valence-electron chi connectivity index (χ1n) is 4.80. The lowest BCUT2D eigenvalue weighted by Crippen LogP contribution is -2.10. The monoisotopic (exact) mass is 256 g/mol. The van der Waals surface area contributed by atoms with Crippen LogP contribution in [0.3, 0.4) is 0 Å². The molecule has 0 aliphatic carbocycles. The van der Waals surface area contributed by atoms with Crippen LogP contribution in [-0.2, 0) is 6.18 Å². The van der Waals surface area contributed by atoms with Gasteiger partial charge in [0.05, 0.1) is 16.6 Å². The number of halogens is 3. The lowest BCUT2D eigenvalue weighted by Gasteiger charge is -2.10. The zero-order chi connectivity index (χ0) is 13.5. The van der Waals surface area contributed by atoms with E-state index < -0.39 is 23.5 Å². The van der Waals surface area contributed by atoms with Crippen molar-refractivity contribution in [2.45, 2.75) is 6.18 Å². The zero-order valence-electron chi connectivity index (χ0n) is 8.82. The van der Waals surface area contributed by atoms with E-state index in [4.69, 9.17) is 10.8 Å². The minimum Gasteiger partial charge on any atom is -0.478 e. The molecule has 0 saturated carbocycles. The second-order valence-electron chi connectivity index (χ2n) is 3.63. The molecule has 0 unspecified atom stereocenters. The largest absolute Gasteiger partial charge is 0.478 e. The van der Waals surface area contributed by atoms with Crippen LogP contribution in [-0.4, -0.2) is 16.1 Å². The topological polar surface area (TPSA) is 76.2 Å². The van der Waals surface area contributed by atoms with Crippen LogP contribution in [0.5, 0.6) is 0 Å². The molecular weight excluding hydrogens is 249 g/mol. The standard InChI is InChI=1S/C11H7F3N2O2/c12-11(13,14)7-4-6-3-5(10(17)18)1-2-8(6)16-9(7)15/h1-4H,(H2,15,16)(H,17,18). The van der Waals surface area contributed by atoms with Crippen LogP contribution in [0.25, 0.3) is 10.9 Å². The van der Waals surface area contributed by atoms with E-state index >= 15 is 0 Å². The van der Waals surface area contributed by atoms with Gasteiger partial charge in [-0.05, 0) is 24.3 Å². The molecule has 0 saturated heterocycles. The molecule has 0 amide bonds. The number of carboxylic acid groups (broad SMARTS) is 1. The molecule has 4 nitrogen and oxygen atoms in total. The Bertz CT molecular complexity index is 638. The number of benzene rings is 1. The Morgan fingerprint density at radius 1 is 1.28 bits per heavy atom. The van der Waals surface area contributed by atoms with E-state index in [1.165, 1.54) is 12.1 Å². The van der Waals surface area contributed by atoms with E-state index in [9.17, 15) is 18.0 Å². The molecular formula is C11H7F3N2O2. The predicted octanol–water partition coefficient (Wildman–Crippen LogP) is 2.53.